The van der Waals surface area contributed by atoms with Crippen LogP contribution in [0, 0.1) is 5.92 Å². The summed E-state index contributed by atoms with van der Waals surface area (Å²) in [6, 6.07) is 12.3. The molecule has 0 radical (unpaired) electrons. The zero-order valence-electron chi connectivity index (χ0n) is 19.3. The van der Waals surface area contributed by atoms with Gasteiger partial charge in [0.05, 0.1) is 18.3 Å². The van der Waals surface area contributed by atoms with Gasteiger partial charge in [0.25, 0.3) is 0 Å². The van der Waals surface area contributed by atoms with Crippen molar-refractivity contribution in [1.82, 2.24) is 25.2 Å². The van der Waals surface area contributed by atoms with E-state index in [1.807, 2.05) is 36.4 Å². The van der Waals surface area contributed by atoms with Gasteiger partial charge < -0.3 is 26.3 Å². The topological polar surface area (TPSA) is 112 Å². The van der Waals surface area contributed by atoms with Gasteiger partial charge in [0.1, 0.15) is 5.82 Å². The van der Waals surface area contributed by atoms with Crippen molar-refractivity contribution in [1.29, 1.82) is 0 Å². The van der Waals surface area contributed by atoms with Crippen LogP contribution in [-0.4, -0.2) is 51.9 Å². The lowest BCUT2D eigenvalue weighted by molar-refractivity contribution is -0.120. The number of nitrogens with two attached hydrogens (primary N) is 1. The highest BCUT2D eigenvalue weighted by atomic mass is 16.1. The lowest BCUT2D eigenvalue weighted by atomic mass is 9.90. The average Bonchev–Trinajstić information content (AvgIpc) is 3.26. The van der Waals surface area contributed by atoms with Crippen LogP contribution in [0.5, 0.6) is 0 Å². The Morgan fingerprint density at radius 2 is 1.85 bits per heavy atom. The molecule has 1 amide bonds. The first-order valence-electron chi connectivity index (χ1n) is 11.5. The molecule has 2 aromatic heterocycles. The molecule has 1 fully saturated rings. The maximum atomic E-state index is 12.4. The van der Waals surface area contributed by atoms with Crippen LogP contribution in [-0.2, 0) is 17.8 Å². The minimum Gasteiger partial charge on any atom is -0.369 e. The van der Waals surface area contributed by atoms with Crippen LogP contribution < -0.4 is 16.4 Å². The second kappa shape index (κ2) is 10.5. The molecule has 1 aromatic carbocycles. The third kappa shape index (κ3) is 6.32. The Kier molecular flexibility index (Phi) is 7.24. The second-order valence-electron chi connectivity index (χ2n) is 8.96. The number of nitrogen functional groups attached to an aromatic ring is 1. The molecule has 8 heteroatoms. The van der Waals surface area contributed by atoms with Gasteiger partial charge in [0, 0.05) is 18.8 Å². The van der Waals surface area contributed by atoms with Gasteiger partial charge in [0.2, 0.25) is 5.91 Å². The van der Waals surface area contributed by atoms with Crippen molar-refractivity contribution in [3.8, 4) is 11.3 Å². The summed E-state index contributed by atoms with van der Waals surface area (Å²) < 4.78 is 0. The monoisotopic (exact) mass is 447 g/mol. The van der Waals surface area contributed by atoms with Crippen LogP contribution >= 0.6 is 0 Å². The summed E-state index contributed by atoms with van der Waals surface area (Å²) in [5.41, 5.74) is 9.43. The largest absolute Gasteiger partial charge is 0.369 e. The van der Waals surface area contributed by atoms with Gasteiger partial charge >= 0.3 is 0 Å². The van der Waals surface area contributed by atoms with E-state index in [9.17, 15) is 4.79 Å². The van der Waals surface area contributed by atoms with Crippen molar-refractivity contribution < 1.29 is 4.79 Å². The number of nitrogens with one attached hydrogen (secondary N) is 3. The van der Waals surface area contributed by atoms with Crippen molar-refractivity contribution in [2.75, 3.05) is 31.2 Å². The van der Waals surface area contributed by atoms with Crippen LogP contribution in [0.15, 0.2) is 48.8 Å². The third-order valence-corrected chi connectivity index (χ3v) is 6.39. The highest BCUT2D eigenvalue weighted by molar-refractivity contribution is 5.78. The smallest absolute Gasteiger partial charge is 0.224 e. The fourth-order valence-electron chi connectivity index (χ4n) is 4.23. The van der Waals surface area contributed by atoms with Crippen LogP contribution in [0.3, 0.4) is 0 Å². The molecule has 3 aromatic rings. The Hall–Kier alpha value is -3.39. The number of carbonyl (C=O) groups excluding carboxylic acids is 1. The summed E-state index contributed by atoms with van der Waals surface area (Å²) in [4.78, 5) is 26.3. The lowest BCUT2D eigenvalue weighted by Crippen LogP contribution is -2.37. The number of anilines is 2. The Morgan fingerprint density at radius 1 is 1.12 bits per heavy atom. The molecule has 0 spiro atoms. The molecule has 1 atom stereocenters. The molecule has 1 aliphatic heterocycles. The Morgan fingerprint density at radius 3 is 2.48 bits per heavy atom. The quantitative estimate of drug-likeness (QED) is 0.422. The molecule has 1 saturated heterocycles. The summed E-state index contributed by atoms with van der Waals surface area (Å²) in [5.74, 6) is 1.90. The number of nitrogens with zero attached hydrogens (tertiary/aromatic N) is 3. The van der Waals surface area contributed by atoms with E-state index in [-0.39, 0.29) is 5.91 Å². The molecule has 5 N–H and O–H groups in total. The van der Waals surface area contributed by atoms with Crippen LogP contribution in [0.2, 0.25) is 0 Å². The summed E-state index contributed by atoms with van der Waals surface area (Å²) in [6.07, 6.45) is 6.22. The fraction of sp³-hybridized carbons (Fsp3) is 0.400. The van der Waals surface area contributed by atoms with Crippen molar-refractivity contribution in [2.45, 2.75) is 38.8 Å². The van der Waals surface area contributed by atoms with Crippen LogP contribution in [0.1, 0.15) is 30.9 Å². The summed E-state index contributed by atoms with van der Waals surface area (Å²) in [5, 5.41) is 6.51. The van der Waals surface area contributed by atoms with E-state index >= 15 is 0 Å². The molecule has 33 heavy (non-hydrogen) atoms. The van der Waals surface area contributed by atoms with E-state index in [0.29, 0.717) is 30.9 Å². The predicted molar refractivity (Wildman–Crippen MR) is 132 cm³/mol. The first-order chi connectivity index (χ1) is 16.0. The molecule has 174 valence electrons. The summed E-state index contributed by atoms with van der Waals surface area (Å²) in [7, 11) is 2.18. The average molecular weight is 448 g/mol. The maximum Gasteiger partial charge on any atom is 0.224 e. The molecule has 1 aliphatic rings. The zero-order chi connectivity index (χ0) is 23.2. The number of hydrogen-bond acceptors (Lipinski definition) is 6. The third-order valence-electron chi connectivity index (χ3n) is 6.39. The van der Waals surface area contributed by atoms with Crippen molar-refractivity contribution >= 4 is 17.7 Å². The van der Waals surface area contributed by atoms with Crippen molar-refractivity contribution in [3.63, 3.8) is 0 Å². The molecule has 0 bridgehead atoms. The normalized spacial score (nSPS) is 15.8. The number of H-pyrrole nitrogens is 1. The van der Waals surface area contributed by atoms with Crippen molar-refractivity contribution in [2.24, 2.45) is 5.92 Å². The van der Waals surface area contributed by atoms with Gasteiger partial charge in [0.15, 0.2) is 5.95 Å². The molecule has 4 rings (SSSR count). The van der Waals surface area contributed by atoms with E-state index in [0.717, 1.165) is 41.3 Å². The molecular weight excluding hydrogens is 414 g/mol. The first kappa shape index (κ1) is 22.8. The van der Waals surface area contributed by atoms with Gasteiger partial charge in [-0.1, -0.05) is 30.3 Å². The SMILES string of the molecule is CC(Nc1ccc(CC(=O)NCc2ccc(-c3cnc(N)[nH]3)cc2)cn1)C1CCN(C)CC1. The van der Waals surface area contributed by atoms with E-state index in [1.165, 1.54) is 12.8 Å². The molecule has 1 unspecified atom stereocenters. The predicted octanol–water partition coefficient (Wildman–Crippen LogP) is 3.06. The number of pyridine rings is 1. The van der Waals surface area contributed by atoms with Gasteiger partial charge in [-0.3, -0.25) is 4.79 Å². The van der Waals surface area contributed by atoms with E-state index in [4.69, 9.17) is 5.73 Å². The first-order valence-corrected chi connectivity index (χ1v) is 11.5. The number of piperidine rings is 1. The van der Waals surface area contributed by atoms with Crippen molar-refractivity contribution in [3.05, 3.63) is 59.9 Å². The number of likely N-dealkylation sites (tertiary alicyclic amines) is 1. The molecule has 8 nitrogen and oxygen atoms in total. The van der Waals surface area contributed by atoms with E-state index in [2.05, 4.69) is 44.5 Å². The molecular formula is C25H33N7O. The number of aromatic nitrogens is 3. The number of rotatable bonds is 8. The Balaban J connectivity index is 1.22. The van der Waals surface area contributed by atoms with E-state index < -0.39 is 0 Å². The van der Waals surface area contributed by atoms with E-state index in [1.54, 1.807) is 12.4 Å². The number of carbonyl (C=O) groups is 1. The van der Waals surface area contributed by atoms with Gasteiger partial charge in [-0.05, 0) is 68.6 Å². The molecule has 3 heterocycles. The Labute approximate surface area is 195 Å². The summed E-state index contributed by atoms with van der Waals surface area (Å²) in [6.45, 7) is 5.02. The molecule has 0 aliphatic carbocycles. The number of benzene rings is 1. The standard InChI is InChI=1S/C25H33N7O/c1-17(20-9-11-32(2)12-10-20)30-23-8-5-19(15-27-23)13-24(33)28-14-18-3-6-21(7-4-18)22-16-29-25(26)31-22/h3-8,15-17,20H,9-14H2,1-2H3,(H,27,30)(H,28,33)(H3,26,29,31). The van der Waals surface area contributed by atoms with Gasteiger partial charge in [-0.15, -0.1) is 0 Å². The number of hydrogen-bond donors (Lipinski definition) is 4. The van der Waals surface area contributed by atoms with Crippen LogP contribution in [0.4, 0.5) is 11.8 Å². The number of imidazole rings is 1. The Bertz CT molecular complexity index is 1040. The highest BCUT2D eigenvalue weighted by Crippen LogP contribution is 2.22. The number of amides is 1. The minimum atomic E-state index is -0.0254. The number of aromatic amines is 1. The highest BCUT2D eigenvalue weighted by Gasteiger charge is 2.22. The van der Waals surface area contributed by atoms with Crippen LogP contribution in [0.25, 0.3) is 11.3 Å². The minimum absolute atomic E-state index is 0.0254. The fourth-order valence-corrected chi connectivity index (χ4v) is 4.23. The molecule has 0 saturated carbocycles. The zero-order valence-corrected chi connectivity index (χ0v) is 19.3. The lowest BCUT2D eigenvalue weighted by Gasteiger charge is -2.33. The summed E-state index contributed by atoms with van der Waals surface area (Å²) >= 11 is 0. The van der Waals surface area contributed by atoms with Gasteiger partial charge in [-0.2, -0.15) is 0 Å². The van der Waals surface area contributed by atoms with Gasteiger partial charge in [-0.25, -0.2) is 9.97 Å². The second-order valence-corrected chi connectivity index (χ2v) is 8.96. The maximum absolute atomic E-state index is 12.4.